The largest absolute Gasteiger partial charge is 0.497 e. The Kier molecular flexibility index (Phi) is 6.93. The van der Waals surface area contributed by atoms with Gasteiger partial charge in [-0.25, -0.2) is 9.40 Å². The molecule has 0 fully saturated rings. The molecule has 0 bridgehead atoms. The molecule has 3 aromatic carbocycles. The second kappa shape index (κ2) is 10.1. The maximum Gasteiger partial charge on any atom is 0.262 e. The standard InChI is InChI=1S/C26H23ClFN3O3/c1-30(26(33)19-6-3-7-21(28)13-19)16-25(32)31-24(17-9-11-20(27)12-10-17)15-23(29-31)18-5-4-8-22(14-18)34-2/h3-14,24H,15-16H2,1-2H3/t24-/m1/s1. The van der Waals surface area contributed by atoms with Gasteiger partial charge in [-0.05, 0) is 48.0 Å². The Morgan fingerprint density at radius 2 is 1.85 bits per heavy atom. The SMILES string of the molecule is COc1cccc(C2=NN(C(=O)CN(C)C(=O)c3cccc(F)c3)[C@@H](c3ccc(Cl)cc3)C2)c1. The Morgan fingerprint density at radius 1 is 1.12 bits per heavy atom. The summed E-state index contributed by atoms with van der Waals surface area (Å²) in [4.78, 5) is 27.3. The summed E-state index contributed by atoms with van der Waals surface area (Å²) in [5.74, 6) is -0.633. The van der Waals surface area contributed by atoms with Gasteiger partial charge >= 0.3 is 0 Å². The first-order valence-electron chi connectivity index (χ1n) is 10.7. The summed E-state index contributed by atoms with van der Waals surface area (Å²) < 4.78 is 18.9. The number of hydrogen-bond donors (Lipinski definition) is 0. The molecule has 34 heavy (non-hydrogen) atoms. The first kappa shape index (κ1) is 23.4. The van der Waals surface area contributed by atoms with Gasteiger partial charge in [-0.2, -0.15) is 5.10 Å². The number of rotatable bonds is 6. The molecular weight excluding hydrogens is 457 g/mol. The van der Waals surface area contributed by atoms with Crippen LogP contribution in [0, 0.1) is 5.82 Å². The quantitative estimate of drug-likeness (QED) is 0.503. The number of ether oxygens (including phenoxy) is 1. The first-order chi connectivity index (χ1) is 16.4. The smallest absolute Gasteiger partial charge is 0.262 e. The number of benzene rings is 3. The maximum absolute atomic E-state index is 13.5. The summed E-state index contributed by atoms with van der Waals surface area (Å²) in [6, 6.07) is 19.8. The summed E-state index contributed by atoms with van der Waals surface area (Å²) in [6.07, 6.45) is 0.488. The van der Waals surface area contributed by atoms with Gasteiger partial charge in [-0.3, -0.25) is 9.59 Å². The molecule has 1 aliphatic heterocycles. The van der Waals surface area contributed by atoms with Crippen molar-refractivity contribution in [2.75, 3.05) is 20.7 Å². The first-order valence-corrected chi connectivity index (χ1v) is 11.0. The van der Waals surface area contributed by atoms with Gasteiger partial charge in [0.05, 0.1) is 18.9 Å². The van der Waals surface area contributed by atoms with Crippen LogP contribution >= 0.6 is 11.6 Å². The number of hydrogen-bond acceptors (Lipinski definition) is 4. The predicted molar refractivity (Wildman–Crippen MR) is 129 cm³/mol. The lowest BCUT2D eigenvalue weighted by Gasteiger charge is -2.25. The number of nitrogens with zero attached hydrogens (tertiary/aromatic N) is 3. The third kappa shape index (κ3) is 5.10. The van der Waals surface area contributed by atoms with E-state index in [1.54, 1.807) is 19.2 Å². The number of methoxy groups -OCH3 is 1. The van der Waals surface area contributed by atoms with E-state index < -0.39 is 11.7 Å². The van der Waals surface area contributed by atoms with Crippen molar-refractivity contribution in [3.63, 3.8) is 0 Å². The van der Waals surface area contributed by atoms with Crippen LogP contribution in [0.3, 0.4) is 0 Å². The number of amides is 2. The Morgan fingerprint density at radius 3 is 2.56 bits per heavy atom. The normalized spacial score (nSPS) is 15.1. The molecule has 0 aliphatic carbocycles. The number of carbonyl (C=O) groups is 2. The molecular formula is C26H23ClFN3O3. The van der Waals surface area contributed by atoms with Crippen LogP contribution in [0.4, 0.5) is 4.39 Å². The highest BCUT2D eigenvalue weighted by atomic mass is 35.5. The van der Waals surface area contributed by atoms with Crippen LogP contribution in [0.5, 0.6) is 5.75 Å². The number of likely N-dealkylation sites (N-methyl/N-ethyl adjacent to an activating group) is 1. The van der Waals surface area contributed by atoms with Gasteiger partial charge in [0.25, 0.3) is 11.8 Å². The molecule has 0 N–H and O–H groups in total. The molecule has 0 saturated heterocycles. The fourth-order valence-corrected chi connectivity index (χ4v) is 3.98. The molecule has 4 rings (SSSR count). The minimum Gasteiger partial charge on any atom is -0.497 e. The fourth-order valence-electron chi connectivity index (χ4n) is 3.85. The highest BCUT2D eigenvalue weighted by Crippen LogP contribution is 2.34. The topological polar surface area (TPSA) is 62.2 Å². The van der Waals surface area contributed by atoms with Crippen LogP contribution in [0.2, 0.25) is 5.02 Å². The average Bonchev–Trinajstić information content (AvgIpc) is 3.30. The molecule has 3 aromatic rings. The van der Waals surface area contributed by atoms with Crippen LogP contribution < -0.4 is 4.74 Å². The van der Waals surface area contributed by atoms with E-state index in [2.05, 4.69) is 5.10 Å². The monoisotopic (exact) mass is 479 g/mol. The predicted octanol–water partition coefficient (Wildman–Crippen LogP) is 4.94. The van der Waals surface area contributed by atoms with E-state index in [1.807, 2.05) is 36.4 Å². The lowest BCUT2D eigenvalue weighted by Crippen LogP contribution is -2.39. The number of halogens is 2. The zero-order valence-corrected chi connectivity index (χ0v) is 19.5. The van der Waals surface area contributed by atoms with Gasteiger partial charge in [0.15, 0.2) is 0 Å². The van der Waals surface area contributed by atoms with Crippen molar-refractivity contribution < 1.29 is 18.7 Å². The zero-order chi connectivity index (χ0) is 24.2. The van der Waals surface area contributed by atoms with E-state index in [-0.39, 0.29) is 24.1 Å². The van der Waals surface area contributed by atoms with E-state index in [9.17, 15) is 14.0 Å². The van der Waals surface area contributed by atoms with Crippen molar-refractivity contribution in [3.05, 3.63) is 100 Å². The van der Waals surface area contributed by atoms with Crippen molar-refractivity contribution >= 4 is 29.1 Å². The molecule has 0 unspecified atom stereocenters. The molecule has 6 nitrogen and oxygen atoms in total. The summed E-state index contributed by atoms with van der Waals surface area (Å²) in [6.45, 7) is -0.214. The number of carbonyl (C=O) groups excluding carboxylic acids is 2. The Labute approximate surface area is 202 Å². The second-order valence-electron chi connectivity index (χ2n) is 7.96. The Balaban J connectivity index is 1.60. The minimum atomic E-state index is -0.513. The van der Waals surface area contributed by atoms with Crippen LogP contribution in [-0.2, 0) is 4.79 Å². The molecule has 1 heterocycles. The number of hydrazone groups is 1. The minimum absolute atomic E-state index is 0.173. The van der Waals surface area contributed by atoms with Crippen molar-refractivity contribution in [2.24, 2.45) is 5.10 Å². The van der Waals surface area contributed by atoms with Crippen LogP contribution in [0.25, 0.3) is 0 Å². The molecule has 0 saturated carbocycles. The van der Waals surface area contributed by atoms with E-state index in [0.717, 1.165) is 22.9 Å². The van der Waals surface area contributed by atoms with Crippen molar-refractivity contribution in [1.82, 2.24) is 9.91 Å². The molecule has 0 radical (unpaired) electrons. The van der Waals surface area contributed by atoms with Crippen molar-refractivity contribution in [3.8, 4) is 5.75 Å². The van der Waals surface area contributed by atoms with Gasteiger partial charge < -0.3 is 9.64 Å². The van der Waals surface area contributed by atoms with E-state index in [1.165, 1.54) is 35.2 Å². The van der Waals surface area contributed by atoms with E-state index >= 15 is 0 Å². The molecule has 2 amide bonds. The summed E-state index contributed by atoms with van der Waals surface area (Å²) in [5.41, 5.74) is 2.62. The van der Waals surface area contributed by atoms with Gasteiger partial charge in [-0.1, -0.05) is 41.9 Å². The van der Waals surface area contributed by atoms with Crippen LogP contribution in [0.15, 0.2) is 77.9 Å². The molecule has 1 aliphatic rings. The van der Waals surface area contributed by atoms with Crippen molar-refractivity contribution in [2.45, 2.75) is 12.5 Å². The van der Waals surface area contributed by atoms with Gasteiger partial charge in [-0.15, -0.1) is 0 Å². The zero-order valence-electron chi connectivity index (χ0n) is 18.7. The lowest BCUT2D eigenvalue weighted by molar-refractivity contribution is -0.133. The maximum atomic E-state index is 13.5. The summed E-state index contributed by atoms with van der Waals surface area (Å²) in [5, 5.41) is 6.63. The van der Waals surface area contributed by atoms with Gasteiger partial charge in [0, 0.05) is 29.6 Å². The average molecular weight is 480 g/mol. The molecule has 0 spiro atoms. The van der Waals surface area contributed by atoms with Crippen LogP contribution in [0.1, 0.15) is 33.9 Å². The summed E-state index contributed by atoms with van der Waals surface area (Å²) >= 11 is 6.05. The molecule has 8 heteroatoms. The third-order valence-electron chi connectivity index (χ3n) is 5.61. The molecule has 0 aromatic heterocycles. The van der Waals surface area contributed by atoms with Crippen molar-refractivity contribution in [1.29, 1.82) is 0 Å². The highest BCUT2D eigenvalue weighted by molar-refractivity contribution is 6.30. The van der Waals surface area contributed by atoms with Gasteiger partial charge in [0.2, 0.25) is 0 Å². The second-order valence-corrected chi connectivity index (χ2v) is 8.40. The van der Waals surface area contributed by atoms with Gasteiger partial charge in [0.1, 0.15) is 18.1 Å². The van der Waals surface area contributed by atoms with Crippen LogP contribution in [-0.4, -0.2) is 48.1 Å². The third-order valence-corrected chi connectivity index (χ3v) is 5.87. The highest BCUT2D eigenvalue weighted by Gasteiger charge is 2.34. The Bertz CT molecular complexity index is 1250. The molecule has 1 atom stereocenters. The lowest BCUT2D eigenvalue weighted by atomic mass is 9.98. The van der Waals surface area contributed by atoms with E-state index in [4.69, 9.17) is 16.3 Å². The summed E-state index contributed by atoms with van der Waals surface area (Å²) in [7, 11) is 3.10. The fraction of sp³-hybridized carbons (Fsp3) is 0.192. The van der Waals surface area contributed by atoms with E-state index in [0.29, 0.717) is 17.2 Å². The molecule has 174 valence electrons. The Hall–Kier alpha value is -3.71.